The predicted molar refractivity (Wildman–Crippen MR) is 147 cm³/mol. The van der Waals surface area contributed by atoms with Crippen molar-refractivity contribution < 1.29 is 4.79 Å². The Morgan fingerprint density at radius 3 is 2.76 bits per heavy atom. The molecule has 0 unspecified atom stereocenters. The minimum absolute atomic E-state index is 0.0234. The number of nitrogens with one attached hydrogen (secondary N) is 2. The molecule has 10 nitrogen and oxygen atoms in total. The summed E-state index contributed by atoms with van der Waals surface area (Å²) < 4.78 is 1.79. The highest BCUT2D eigenvalue weighted by Crippen LogP contribution is 2.43. The summed E-state index contributed by atoms with van der Waals surface area (Å²) in [5, 5.41) is 31.2. The van der Waals surface area contributed by atoms with Gasteiger partial charge in [-0.15, -0.1) is 10.2 Å². The van der Waals surface area contributed by atoms with E-state index in [9.17, 15) is 10.1 Å². The summed E-state index contributed by atoms with van der Waals surface area (Å²) >= 11 is 1.56. The third kappa shape index (κ3) is 4.35. The van der Waals surface area contributed by atoms with Gasteiger partial charge in [-0.05, 0) is 63.8 Å². The molecule has 2 N–H and O–H groups in total. The Morgan fingerprint density at radius 1 is 1.21 bits per heavy atom. The highest BCUT2D eigenvalue weighted by molar-refractivity contribution is 7.18. The summed E-state index contributed by atoms with van der Waals surface area (Å²) in [7, 11) is 0. The molecule has 0 aromatic carbocycles. The van der Waals surface area contributed by atoms with Gasteiger partial charge in [0.25, 0.3) is 0 Å². The Labute approximate surface area is 224 Å². The summed E-state index contributed by atoms with van der Waals surface area (Å²) in [6, 6.07) is 10.5. The second-order valence-corrected chi connectivity index (χ2v) is 11.5. The van der Waals surface area contributed by atoms with E-state index in [1.54, 1.807) is 29.0 Å². The van der Waals surface area contributed by atoms with Crippen molar-refractivity contribution in [3.63, 3.8) is 0 Å². The van der Waals surface area contributed by atoms with Gasteiger partial charge in [0.2, 0.25) is 11.0 Å². The van der Waals surface area contributed by atoms with Crippen LogP contribution in [0.2, 0.25) is 0 Å². The van der Waals surface area contributed by atoms with Crippen LogP contribution >= 0.6 is 11.3 Å². The molecule has 4 aromatic heterocycles. The Hall–Kier alpha value is -4.04. The van der Waals surface area contributed by atoms with Crippen molar-refractivity contribution in [2.45, 2.75) is 64.1 Å². The number of carbonyl (C=O) groups is 1. The van der Waals surface area contributed by atoms with Gasteiger partial charge in [-0.3, -0.25) is 9.78 Å². The summed E-state index contributed by atoms with van der Waals surface area (Å²) in [5.74, 6) is 0.0234. The van der Waals surface area contributed by atoms with Crippen molar-refractivity contribution in [3.05, 3.63) is 42.2 Å². The smallest absolute Gasteiger partial charge is 0.217 e. The molecule has 3 fully saturated rings. The molecule has 7 rings (SSSR count). The molecular weight excluding hydrogens is 498 g/mol. The lowest BCUT2D eigenvalue weighted by Crippen LogP contribution is -2.65. The molecule has 194 valence electrons. The summed E-state index contributed by atoms with van der Waals surface area (Å²) in [6.45, 7) is 6.55. The van der Waals surface area contributed by atoms with Crippen molar-refractivity contribution in [2.75, 3.05) is 16.8 Å². The zero-order valence-electron chi connectivity index (χ0n) is 21.6. The Morgan fingerprint density at radius 2 is 2.03 bits per heavy atom. The number of rotatable bonds is 6. The lowest BCUT2D eigenvalue weighted by atomic mass is 9.74. The lowest BCUT2D eigenvalue weighted by Gasteiger charge is -2.52. The molecule has 0 spiro atoms. The van der Waals surface area contributed by atoms with Crippen molar-refractivity contribution in [1.82, 2.24) is 30.1 Å². The van der Waals surface area contributed by atoms with E-state index in [1.807, 2.05) is 30.5 Å². The van der Waals surface area contributed by atoms with Crippen LogP contribution in [0.5, 0.6) is 0 Å². The predicted octanol–water partition coefficient (Wildman–Crippen LogP) is 4.24. The molecule has 4 aromatic rings. The number of hydrogen-bond acceptors (Lipinski definition) is 9. The Bertz CT molecular complexity index is 1560. The summed E-state index contributed by atoms with van der Waals surface area (Å²) in [5.41, 5.74) is 4.60. The first kappa shape index (κ1) is 24.3. The molecule has 0 atom stereocenters. The number of amides is 1. The average molecular weight is 528 g/mol. The van der Waals surface area contributed by atoms with Crippen molar-refractivity contribution in [3.8, 4) is 28.0 Å². The van der Waals surface area contributed by atoms with Crippen LogP contribution in [-0.4, -0.2) is 54.9 Å². The van der Waals surface area contributed by atoms with Crippen molar-refractivity contribution >= 4 is 33.6 Å². The van der Waals surface area contributed by atoms with Gasteiger partial charge in [-0.1, -0.05) is 11.3 Å². The second kappa shape index (κ2) is 9.36. The van der Waals surface area contributed by atoms with Gasteiger partial charge in [0.15, 0.2) is 5.01 Å². The number of nitrogens with zero attached hydrogens (tertiary/aromatic N) is 7. The van der Waals surface area contributed by atoms with Crippen molar-refractivity contribution in [1.29, 1.82) is 5.26 Å². The Balaban J connectivity index is 1.33. The zero-order valence-corrected chi connectivity index (χ0v) is 22.4. The molecule has 1 saturated carbocycles. The molecule has 0 radical (unpaired) electrons. The van der Waals surface area contributed by atoms with Crippen LogP contribution in [0.4, 0.5) is 10.8 Å². The molecule has 1 amide bonds. The topological polar surface area (TPSA) is 124 Å². The molecular formula is C27H29N9OS. The van der Waals surface area contributed by atoms with Crippen LogP contribution in [-0.2, 0) is 4.79 Å². The summed E-state index contributed by atoms with van der Waals surface area (Å²) in [6.07, 6.45) is 7.50. The first-order valence-corrected chi connectivity index (χ1v) is 13.7. The quantitative estimate of drug-likeness (QED) is 0.381. The minimum Gasteiger partial charge on any atom is -0.382 e. The number of carbonyl (C=O) groups excluding carboxylic acids is 1. The number of piperidine rings is 2. The highest BCUT2D eigenvalue weighted by atomic mass is 32.1. The van der Waals surface area contributed by atoms with Crippen LogP contribution in [0.1, 0.15) is 52.0 Å². The fourth-order valence-electron chi connectivity index (χ4n) is 5.73. The molecule has 2 bridgehead atoms. The third-order valence-electron chi connectivity index (χ3n) is 7.40. The molecule has 11 heteroatoms. The first-order valence-electron chi connectivity index (χ1n) is 12.9. The van der Waals surface area contributed by atoms with E-state index in [2.05, 4.69) is 50.7 Å². The minimum atomic E-state index is -0.179. The molecule has 2 aliphatic heterocycles. The number of pyridine rings is 1. The average Bonchev–Trinajstić information content (AvgIpc) is 3.55. The van der Waals surface area contributed by atoms with Gasteiger partial charge in [0.05, 0.1) is 39.8 Å². The zero-order chi connectivity index (χ0) is 26.4. The first-order chi connectivity index (χ1) is 18.3. The standard InChI is InChI=1S/C27H29N9OS/c1-16(2)31-22-11-23(24-5-4-20-10-18(12-28)13-30-36(20)24)29-14-21(22)25-33-34-26(38-25)35-15-27(32-17(3)37)8-6-19(35)7-9-27/h4-5,10-11,13-14,16,19H,6-9,15H2,1-3H3,(H,29,31)(H,32,37). The van der Waals surface area contributed by atoms with E-state index in [4.69, 9.17) is 4.98 Å². The van der Waals surface area contributed by atoms with Crippen LogP contribution < -0.4 is 15.5 Å². The number of anilines is 2. The van der Waals surface area contributed by atoms with E-state index in [0.29, 0.717) is 11.6 Å². The van der Waals surface area contributed by atoms with Gasteiger partial charge in [0.1, 0.15) is 6.07 Å². The van der Waals surface area contributed by atoms with Gasteiger partial charge >= 0.3 is 0 Å². The molecule has 3 aliphatic rings. The SMILES string of the molecule is CC(=O)NC12CCC(CC1)N(c1nnc(-c3cnc(-c4ccc5cc(C#N)cnn45)cc3NC(C)C)s1)C2. The van der Waals surface area contributed by atoms with Crippen LogP contribution in [0.25, 0.3) is 27.5 Å². The van der Waals surface area contributed by atoms with Gasteiger partial charge in [0, 0.05) is 37.4 Å². The maximum Gasteiger partial charge on any atom is 0.217 e. The number of fused-ring (bicyclic) bond motifs is 4. The van der Waals surface area contributed by atoms with Crippen LogP contribution in [0.15, 0.2) is 36.7 Å². The summed E-state index contributed by atoms with van der Waals surface area (Å²) in [4.78, 5) is 19.0. The van der Waals surface area contributed by atoms with Crippen LogP contribution in [0, 0.1) is 11.3 Å². The lowest BCUT2D eigenvalue weighted by molar-refractivity contribution is -0.121. The number of hydrogen-bond donors (Lipinski definition) is 2. The third-order valence-corrected chi connectivity index (χ3v) is 8.39. The monoisotopic (exact) mass is 527 g/mol. The Kier molecular flexibility index (Phi) is 5.99. The van der Waals surface area contributed by atoms with E-state index in [1.165, 1.54) is 0 Å². The normalized spacial score (nSPS) is 20.6. The van der Waals surface area contributed by atoms with Gasteiger partial charge in [-0.25, -0.2) is 4.52 Å². The fourth-order valence-corrected chi connectivity index (χ4v) is 6.67. The van der Waals surface area contributed by atoms with E-state index >= 15 is 0 Å². The van der Waals surface area contributed by atoms with E-state index < -0.39 is 0 Å². The molecule has 38 heavy (non-hydrogen) atoms. The second-order valence-electron chi connectivity index (χ2n) is 10.5. The maximum absolute atomic E-state index is 11.9. The van der Waals surface area contributed by atoms with E-state index in [-0.39, 0.29) is 17.5 Å². The van der Waals surface area contributed by atoms with E-state index in [0.717, 1.165) is 70.5 Å². The van der Waals surface area contributed by atoms with Crippen molar-refractivity contribution in [2.24, 2.45) is 0 Å². The van der Waals surface area contributed by atoms with Gasteiger partial charge in [-0.2, -0.15) is 10.4 Å². The molecule has 1 aliphatic carbocycles. The van der Waals surface area contributed by atoms with Gasteiger partial charge < -0.3 is 15.5 Å². The highest BCUT2D eigenvalue weighted by Gasteiger charge is 2.46. The molecule has 6 heterocycles. The number of aromatic nitrogens is 5. The largest absolute Gasteiger partial charge is 0.382 e. The van der Waals surface area contributed by atoms with Crippen LogP contribution in [0.3, 0.4) is 0 Å². The fraction of sp³-hybridized carbons (Fsp3) is 0.407. The number of nitriles is 1. The molecule has 2 saturated heterocycles. The maximum atomic E-state index is 11.9.